The largest absolute Gasteiger partial charge is 0.478 e. The Balaban J connectivity index is 2.39. The fourth-order valence-electron chi connectivity index (χ4n) is 2.23. The molecule has 0 saturated carbocycles. The van der Waals surface area contributed by atoms with E-state index < -0.39 is 5.97 Å². The van der Waals surface area contributed by atoms with Crippen LogP contribution in [0.2, 0.25) is 0 Å². The Labute approximate surface area is 107 Å². The number of rotatable bonds is 4. The zero-order chi connectivity index (χ0) is 13.0. The minimum Gasteiger partial charge on any atom is -0.478 e. The van der Waals surface area contributed by atoms with Gasteiger partial charge in [-0.25, -0.2) is 4.79 Å². The molecule has 2 nitrogen and oxygen atoms in total. The van der Waals surface area contributed by atoms with Crippen molar-refractivity contribution in [2.24, 2.45) is 0 Å². The zero-order valence-corrected chi connectivity index (χ0v) is 10.4. The first-order chi connectivity index (χ1) is 8.72. The Morgan fingerprint density at radius 2 is 1.78 bits per heavy atom. The van der Waals surface area contributed by atoms with Gasteiger partial charge in [-0.15, -0.1) is 0 Å². The molecule has 0 amide bonds. The molecule has 0 heterocycles. The number of benzene rings is 2. The minimum absolute atomic E-state index is 0.422. The summed E-state index contributed by atoms with van der Waals surface area (Å²) in [7, 11) is 0. The van der Waals surface area contributed by atoms with Crippen molar-refractivity contribution in [2.75, 3.05) is 0 Å². The maximum Gasteiger partial charge on any atom is 0.335 e. The highest BCUT2D eigenvalue weighted by atomic mass is 16.4. The molecule has 92 valence electrons. The van der Waals surface area contributed by atoms with Gasteiger partial charge in [-0.2, -0.15) is 0 Å². The van der Waals surface area contributed by atoms with Gasteiger partial charge in [-0.1, -0.05) is 49.4 Å². The molecule has 0 atom stereocenters. The van der Waals surface area contributed by atoms with E-state index in [0.29, 0.717) is 5.56 Å². The molecule has 0 aliphatic heterocycles. The molecule has 18 heavy (non-hydrogen) atoms. The summed E-state index contributed by atoms with van der Waals surface area (Å²) in [6.07, 6.45) is 1.52. The molecule has 2 aromatic carbocycles. The van der Waals surface area contributed by atoms with Gasteiger partial charge in [0.15, 0.2) is 0 Å². The van der Waals surface area contributed by atoms with Crippen LogP contribution in [-0.4, -0.2) is 11.1 Å². The van der Waals surface area contributed by atoms with E-state index in [0.717, 1.165) is 24.0 Å². The van der Waals surface area contributed by atoms with Crippen LogP contribution in [0.5, 0.6) is 0 Å². The highest BCUT2D eigenvalue weighted by Gasteiger charge is 2.12. The summed E-state index contributed by atoms with van der Waals surface area (Å²) in [6.45, 7) is 2.00. The van der Waals surface area contributed by atoms with Crippen LogP contribution in [0.15, 0.2) is 48.5 Å². The first-order valence-electron chi connectivity index (χ1n) is 6.10. The van der Waals surface area contributed by atoms with Gasteiger partial charge in [0, 0.05) is 0 Å². The van der Waals surface area contributed by atoms with Gasteiger partial charge >= 0.3 is 5.97 Å². The van der Waals surface area contributed by atoms with Crippen LogP contribution >= 0.6 is 0 Å². The summed E-state index contributed by atoms with van der Waals surface area (Å²) in [5, 5.41) is 9.19. The third-order valence-corrected chi connectivity index (χ3v) is 3.09. The number of carboxylic acids is 1. The second kappa shape index (κ2) is 5.50. The van der Waals surface area contributed by atoms with E-state index in [-0.39, 0.29) is 0 Å². The van der Waals surface area contributed by atoms with Gasteiger partial charge in [0.2, 0.25) is 0 Å². The number of aromatic carboxylic acids is 1. The highest BCUT2D eigenvalue weighted by Crippen LogP contribution is 2.19. The third-order valence-electron chi connectivity index (χ3n) is 3.09. The smallest absolute Gasteiger partial charge is 0.335 e. The first-order valence-corrected chi connectivity index (χ1v) is 6.10. The fourth-order valence-corrected chi connectivity index (χ4v) is 2.23. The molecule has 0 aromatic heterocycles. The van der Waals surface area contributed by atoms with Gasteiger partial charge < -0.3 is 5.11 Å². The lowest BCUT2D eigenvalue weighted by molar-refractivity contribution is 0.0695. The average Bonchev–Trinajstić information content (AvgIpc) is 2.39. The van der Waals surface area contributed by atoms with Gasteiger partial charge in [-0.05, 0) is 35.6 Å². The van der Waals surface area contributed by atoms with Crippen LogP contribution in [0.4, 0.5) is 0 Å². The van der Waals surface area contributed by atoms with Crippen molar-refractivity contribution < 1.29 is 9.90 Å². The maximum absolute atomic E-state index is 11.2. The van der Waals surface area contributed by atoms with E-state index in [9.17, 15) is 9.90 Å². The SMILES string of the molecule is CCc1c(Cc2ccccc2)cccc1C(=O)O. The number of carbonyl (C=O) groups is 1. The Bertz CT molecular complexity index is 544. The first kappa shape index (κ1) is 12.4. The molecular formula is C16H16O2. The predicted molar refractivity (Wildman–Crippen MR) is 72.0 cm³/mol. The molecule has 0 bridgehead atoms. The standard InChI is InChI=1S/C16H16O2/c1-2-14-13(9-6-10-15(14)16(17)18)11-12-7-4-3-5-8-12/h3-10H,2,11H2,1H3,(H,17,18). The summed E-state index contributed by atoms with van der Waals surface area (Å²) in [4.78, 5) is 11.2. The minimum atomic E-state index is -0.846. The van der Waals surface area contributed by atoms with Crippen LogP contribution in [0, 0.1) is 0 Å². The van der Waals surface area contributed by atoms with Crippen LogP contribution in [0.25, 0.3) is 0 Å². The van der Waals surface area contributed by atoms with E-state index >= 15 is 0 Å². The Hall–Kier alpha value is -2.09. The lowest BCUT2D eigenvalue weighted by Crippen LogP contribution is -2.05. The Morgan fingerprint density at radius 1 is 1.06 bits per heavy atom. The van der Waals surface area contributed by atoms with Gasteiger partial charge in [0.05, 0.1) is 5.56 Å². The molecule has 2 aromatic rings. The fraction of sp³-hybridized carbons (Fsp3) is 0.188. The maximum atomic E-state index is 11.2. The normalized spacial score (nSPS) is 10.3. The van der Waals surface area contributed by atoms with Crippen molar-refractivity contribution in [3.63, 3.8) is 0 Å². The molecule has 0 unspecified atom stereocenters. The molecule has 2 heteroatoms. The molecule has 0 aliphatic carbocycles. The molecule has 2 rings (SSSR count). The molecule has 0 spiro atoms. The lowest BCUT2D eigenvalue weighted by atomic mass is 9.94. The van der Waals surface area contributed by atoms with Crippen LogP contribution in [0.1, 0.15) is 34.0 Å². The molecular weight excluding hydrogens is 224 g/mol. The van der Waals surface area contributed by atoms with Crippen LogP contribution < -0.4 is 0 Å². The Kier molecular flexibility index (Phi) is 3.78. The summed E-state index contributed by atoms with van der Waals surface area (Å²) in [5.41, 5.74) is 3.66. The number of hydrogen-bond donors (Lipinski definition) is 1. The molecule has 0 aliphatic rings. The summed E-state index contributed by atoms with van der Waals surface area (Å²) < 4.78 is 0. The predicted octanol–water partition coefficient (Wildman–Crippen LogP) is 3.54. The average molecular weight is 240 g/mol. The van der Waals surface area contributed by atoms with Gasteiger partial charge in [0.1, 0.15) is 0 Å². The molecule has 0 fully saturated rings. The van der Waals surface area contributed by atoms with Crippen LogP contribution in [0.3, 0.4) is 0 Å². The molecule has 0 radical (unpaired) electrons. The topological polar surface area (TPSA) is 37.3 Å². The van der Waals surface area contributed by atoms with E-state index in [1.54, 1.807) is 6.07 Å². The second-order valence-corrected chi connectivity index (χ2v) is 4.26. The molecule has 0 saturated heterocycles. The van der Waals surface area contributed by atoms with Crippen molar-refractivity contribution in [1.29, 1.82) is 0 Å². The van der Waals surface area contributed by atoms with E-state index in [1.807, 2.05) is 37.3 Å². The number of hydrogen-bond acceptors (Lipinski definition) is 1. The zero-order valence-electron chi connectivity index (χ0n) is 10.4. The van der Waals surface area contributed by atoms with Crippen molar-refractivity contribution in [2.45, 2.75) is 19.8 Å². The quantitative estimate of drug-likeness (QED) is 0.887. The van der Waals surface area contributed by atoms with Crippen molar-refractivity contribution in [3.05, 3.63) is 70.8 Å². The van der Waals surface area contributed by atoms with Gasteiger partial charge in [-0.3, -0.25) is 0 Å². The van der Waals surface area contributed by atoms with E-state index in [1.165, 1.54) is 5.56 Å². The monoisotopic (exact) mass is 240 g/mol. The van der Waals surface area contributed by atoms with Gasteiger partial charge in [0.25, 0.3) is 0 Å². The summed E-state index contributed by atoms with van der Waals surface area (Å²) >= 11 is 0. The van der Waals surface area contributed by atoms with Crippen LogP contribution in [-0.2, 0) is 12.8 Å². The summed E-state index contributed by atoms with van der Waals surface area (Å²) in [6, 6.07) is 15.6. The lowest BCUT2D eigenvalue weighted by Gasteiger charge is -2.11. The van der Waals surface area contributed by atoms with Crippen molar-refractivity contribution in [3.8, 4) is 0 Å². The van der Waals surface area contributed by atoms with E-state index in [4.69, 9.17) is 0 Å². The van der Waals surface area contributed by atoms with Crippen molar-refractivity contribution in [1.82, 2.24) is 0 Å². The highest BCUT2D eigenvalue weighted by molar-refractivity contribution is 5.89. The third kappa shape index (κ3) is 2.59. The second-order valence-electron chi connectivity index (χ2n) is 4.26. The Morgan fingerprint density at radius 3 is 2.39 bits per heavy atom. The van der Waals surface area contributed by atoms with Crippen molar-refractivity contribution >= 4 is 5.97 Å². The molecule has 1 N–H and O–H groups in total. The number of carboxylic acid groups (broad SMARTS) is 1. The summed E-state index contributed by atoms with van der Waals surface area (Å²) in [5.74, 6) is -0.846. The van der Waals surface area contributed by atoms with E-state index in [2.05, 4.69) is 12.1 Å².